The first-order chi connectivity index (χ1) is 6.33. The number of rotatable bonds is 4. The molecule has 0 amide bonds. The SMILES string of the molecule is CCNC(N)=NCCC1CCCC1. The number of guanidine groups is 1. The Morgan fingerprint density at radius 3 is 2.77 bits per heavy atom. The van der Waals surface area contributed by atoms with Crippen LogP contribution in [0.15, 0.2) is 4.99 Å². The lowest BCUT2D eigenvalue weighted by atomic mass is 10.0. The number of nitrogens with two attached hydrogens (primary N) is 1. The number of aliphatic imine (C=N–C) groups is 1. The van der Waals surface area contributed by atoms with Gasteiger partial charge >= 0.3 is 0 Å². The molecule has 0 aliphatic heterocycles. The maximum Gasteiger partial charge on any atom is 0.188 e. The highest BCUT2D eigenvalue weighted by molar-refractivity contribution is 5.77. The number of hydrogen-bond acceptors (Lipinski definition) is 1. The van der Waals surface area contributed by atoms with Crippen LogP contribution in [0.5, 0.6) is 0 Å². The van der Waals surface area contributed by atoms with Gasteiger partial charge in [-0.3, -0.25) is 4.99 Å². The van der Waals surface area contributed by atoms with Gasteiger partial charge in [-0.05, 0) is 19.3 Å². The summed E-state index contributed by atoms with van der Waals surface area (Å²) in [5.41, 5.74) is 5.61. The minimum absolute atomic E-state index is 0.598. The summed E-state index contributed by atoms with van der Waals surface area (Å²) in [4.78, 5) is 4.26. The van der Waals surface area contributed by atoms with Gasteiger partial charge in [-0.25, -0.2) is 0 Å². The van der Waals surface area contributed by atoms with Crippen LogP contribution < -0.4 is 11.1 Å². The van der Waals surface area contributed by atoms with Crippen LogP contribution in [0.4, 0.5) is 0 Å². The number of hydrogen-bond donors (Lipinski definition) is 2. The topological polar surface area (TPSA) is 50.4 Å². The second-order valence-corrected chi connectivity index (χ2v) is 3.74. The molecular weight excluding hydrogens is 162 g/mol. The Morgan fingerprint density at radius 2 is 2.15 bits per heavy atom. The van der Waals surface area contributed by atoms with E-state index in [4.69, 9.17) is 5.73 Å². The van der Waals surface area contributed by atoms with E-state index in [1.165, 1.54) is 32.1 Å². The zero-order valence-electron chi connectivity index (χ0n) is 8.55. The van der Waals surface area contributed by atoms with Crippen LogP contribution in [0.2, 0.25) is 0 Å². The van der Waals surface area contributed by atoms with E-state index in [9.17, 15) is 0 Å². The van der Waals surface area contributed by atoms with E-state index in [1.807, 2.05) is 6.92 Å². The van der Waals surface area contributed by atoms with Gasteiger partial charge in [0.25, 0.3) is 0 Å². The molecule has 3 heteroatoms. The largest absolute Gasteiger partial charge is 0.370 e. The van der Waals surface area contributed by atoms with Crippen LogP contribution in [-0.2, 0) is 0 Å². The van der Waals surface area contributed by atoms with Gasteiger partial charge in [0.1, 0.15) is 0 Å². The third-order valence-electron chi connectivity index (χ3n) is 2.65. The molecule has 0 aromatic heterocycles. The van der Waals surface area contributed by atoms with Gasteiger partial charge in [-0.15, -0.1) is 0 Å². The van der Waals surface area contributed by atoms with Crippen LogP contribution in [-0.4, -0.2) is 19.0 Å². The Morgan fingerprint density at radius 1 is 1.46 bits per heavy atom. The van der Waals surface area contributed by atoms with Crippen molar-refractivity contribution < 1.29 is 0 Å². The van der Waals surface area contributed by atoms with Crippen molar-refractivity contribution in [3.63, 3.8) is 0 Å². The number of nitrogens with zero attached hydrogens (tertiary/aromatic N) is 1. The maximum atomic E-state index is 5.61. The lowest BCUT2D eigenvalue weighted by molar-refractivity contribution is 0.511. The van der Waals surface area contributed by atoms with Crippen molar-refractivity contribution in [1.29, 1.82) is 0 Å². The van der Waals surface area contributed by atoms with E-state index in [0.717, 1.165) is 19.0 Å². The van der Waals surface area contributed by atoms with Crippen molar-refractivity contribution in [3.05, 3.63) is 0 Å². The first-order valence-electron chi connectivity index (χ1n) is 5.36. The Bertz CT molecular complexity index is 160. The fourth-order valence-electron chi connectivity index (χ4n) is 1.90. The summed E-state index contributed by atoms with van der Waals surface area (Å²) in [5, 5.41) is 3.00. The van der Waals surface area contributed by atoms with Gasteiger partial charge in [0.15, 0.2) is 5.96 Å². The molecule has 3 N–H and O–H groups in total. The standard InChI is InChI=1S/C10H21N3/c1-2-12-10(11)13-8-7-9-5-3-4-6-9/h9H,2-8H2,1H3,(H3,11,12,13). The maximum absolute atomic E-state index is 5.61. The Hall–Kier alpha value is -0.730. The first-order valence-corrected chi connectivity index (χ1v) is 5.36. The second kappa shape index (κ2) is 5.84. The highest BCUT2D eigenvalue weighted by Gasteiger charge is 2.13. The van der Waals surface area contributed by atoms with E-state index in [1.54, 1.807) is 0 Å². The van der Waals surface area contributed by atoms with E-state index in [-0.39, 0.29) is 0 Å². The Balaban J connectivity index is 2.07. The predicted molar refractivity (Wildman–Crippen MR) is 56.7 cm³/mol. The van der Waals surface area contributed by atoms with Gasteiger partial charge in [0.05, 0.1) is 0 Å². The fraction of sp³-hybridized carbons (Fsp3) is 0.900. The number of nitrogens with one attached hydrogen (secondary N) is 1. The van der Waals surface area contributed by atoms with Crippen molar-refractivity contribution in [2.75, 3.05) is 13.1 Å². The van der Waals surface area contributed by atoms with Crippen LogP contribution in [0.3, 0.4) is 0 Å². The summed E-state index contributed by atoms with van der Waals surface area (Å²) in [6.45, 7) is 3.78. The summed E-state index contributed by atoms with van der Waals surface area (Å²) in [5.74, 6) is 1.51. The molecule has 1 aliphatic rings. The predicted octanol–water partition coefficient (Wildman–Crippen LogP) is 1.49. The van der Waals surface area contributed by atoms with E-state index >= 15 is 0 Å². The average molecular weight is 183 g/mol. The molecule has 76 valence electrons. The molecule has 1 rings (SSSR count). The summed E-state index contributed by atoms with van der Waals surface area (Å²) >= 11 is 0. The molecule has 1 saturated carbocycles. The van der Waals surface area contributed by atoms with Gasteiger partial charge < -0.3 is 11.1 Å². The smallest absolute Gasteiger partial charge is 0.188 e. The highest BCUT2D eigenvalue weighted by atomic mass is 15.1. The van der Waals surface area contributed by atoms with Crippen molar-refractivity contribution in [1.82, 2.24) is 5.32 Å². The van der Waals surface area contributed by atoms with Gasteiger partial charge in [-0.2, -0.15) is 0 Å². The van der Waals surface area contributed by atoms with Crippen LogP contribution in [0.25, 0.3) is 0 Å². The van der Waals surface area contributed by atoms with Gasteiger partial charge in [-0.1, -0.05) is 25.7 Å². The summed E-state index contributed by atoms with van der Waals surface area (Å²) < 4.78 is 0. The zero-order valence-corrected chi connectivity index (χ0v) is 8.55. The van der Waals surface area contributed by atoms with Gasteiger partial charge in [0.2, 0.25) is 0 Å². The van der Waals surface area contributed by atoms with E-state index in [0.29, 0.717) is 5.96 Å². The van der Waals surface area contributed by atoms with Gasteiger partial charge in [0, 0.05) is 13.1 Å². The lowest BCUT2D eigenvalue weighted by Crippen LogP contribution is -2.31. The molecule has 13 heavy (non-hydrogen) atoms. The first kappa shape index (κ1) is 10.4. The highest BCUT2D eigenvalue weighted by Crippen LogP contribution is 2.27. The second-order valence-electron chi connectivity index (χ2n) is 3.74. The Kier molecular flexibility index (Phi) is 4.65. The fourth-order valence-corrected chi connectivity index (χ4v) is 1.90. The third kappa shape index (κ3) is 4.15. The average Bonchev–Trinajstić information content (AvgIpc) is 2.57. The Labute approximate surface area is 80.8 Å². The lowest BCUT2D eigenvalue weighted by Gasteiger charge is -2.06. The molecular formula is C10H21N3. The summed E-state index contributed by atoms with van der Waals surface area (Å²) in [6, 6.07) is 0. The molecule has 0 aromatic rings. The van der Waals surface area contributed by atoms with Crippen molar-refractivity contribution in [3.8, 4) is 0 Å². The normalized spacial score (nSPS) is 19.3. The van der Waals surface area contributed by atoms with Crippen molar-refractivity contribution in [2.45, 2.75) is 39.0 Å². The van der Waals surface area contributed by atoms with E-state index < -0.39 is 0 Å². The summed E-state index contributed by atoms with van der Waals surface area (Å²) in [7, 11) is 0. The zero-order chi connectivity index (χ0) is 9.52. The molecule has 0 spiro atoms. The molecule has 0 unspecified atom stereocenters. The molecule has 0 radical (unpaired) electrons. The molecule has 0 aromatic carbocycles. The molecule has 1 aliphatic carbocycles. The summed E-state index contributed by atoms with van der Waals surface area (Å²) in [6.07, 6.45) is 6.84. The molecule has 0 bridgehead atoms. The minimum atomic E-state index is 0.598. The third-order valence-corrected chi connectivity index (χ3v) is 2.65. The quantitative estimate of drug-likeness (QED) is 0.512. The van der Waals surface area contributed by atoms with Crippen molar-refractivity contribution >= 4 is 5.96 Å². The van der Waals surface area contributed by atoms with Crippen molar-refractivity contribution in [2.24, 2.45) is 16.6 Å². The molecule has 0 saturated heterocycles. The molecule has 3 nitrogen and oxygen atoms in total. The van der Waals surface area contributed by atoms with Crippen LogP contribution in [0, 0.1) is 5.92 Å². The molecule has 1 fully saturated rings. The monoisotopic (exact) mass is 183 g/mol. The van der Waals surface area contributed by atoms with Crippen LogP contribution >= 0.6 is 0 Å². The molecule has 0 atom stereocenters. The van der Waals surface area contributed by atoms with Crippen LogP contribution in [0.1, 0.15) is 39.0 Å². The van der Waals surface area contributed by atoms with E-state index in [2.05, 4.69) is 10.3 Å². The minimum Gasteiger partial charge on any atom is -0.370 e. The molecule has 0 heterocycles.